The normalized spacial score (nSPS) is 13.2. The molecular weight excluding hydrogens is 400 g/mol. The number of carbonyl (C=O) groups is 1. The van der Waals surface area contributed by atoms with Gasteiger partial charge in [-0.05, 0) is 30.0 Å². The quantitative estimate of drug-likeness (QED) is 0.175. The molecule has 0 amide bonds. The second-order valence-corrected chi connectivity index (χ2v) is 9.57. The van der Waals surface area contributed by atoms with Gasteiger partial charge in [-0.3, -0.25) is 4.79 Å². The van der Waals surface area contributed by atoms with E-state index in [1.165, 1.54) is 102 Å². The number of aliphatic carboxylic acids is 1. The van der Waals surface area contributed by atoms with Gasteiger partial charge in [-0.25, -0.2) is 0 Å². The Balaban J connectivity index is 2.16. The molecule has 1 aromatic rings. The zero-order valence-electron chi connectivity index (χ0n) is 20.7. The number of phenolic OH excluding ortho intramolecular Hbond substituents is 2. The number of benzene rings is 1. The van der Waals surface area contributed by atoms with Crippen molar-refractivity contribution in [2.75, 3.05) is 0 Å². The van der Waals surface area contributed by atoms with E-state index >= 15 is 0 Å². The highest BCUT2D eigenvalue weighted by Gasteiger charge is 2.24. The lowest BCUT2D eigenvalue weighted by atomic mass is 9.84. The van der Waals surface area contributed by atoms with Crippen molar-refractivity contribution in [3.05, 3.63) is 23.8 Å². The van der Waals surface area contributed by atoms with Crippen molar-refractivity contribution in [3.8, 4) is 11.5 Å². The molecule has 0 spiro atoms. The highest BCUT2D eigenvalue weighted by molar-refractivity contribution is 5.76. The maximum atomic E-state index is 11.8. The Bertz CT molecular complexity index is 593. The van der Waals surface area contributed by atoms with E-state index < -0.39 is 11.9 Å². The molecule has 0 saturated heterocycles. The summed E-state index contributed by atoms with van der Waals surface area (Å²) in [6.07, 6.45) is 21.3. The molecule has 32 heavy (non-hydrogen) atoms. The van der Waals surface area contributed by atoms with Crippen LogP contribution < -0.4 is 0 Å². The topological polar surface area (TPSA) is 77.8 Å². The first-order valence-electron chi connectivity index (χ1n) is 13.2. The van der Waals surface area contributed by atoms with Crippen LogP contribution >= 0.6 is 0 Å². The lowest BCUT2D eigenvalue weighted by molar-refractivity contribution is -0.139. The summed E-state index contributed by atoms with van der Waals surface area (Å²) in [6, 6.07) is 4.14. The van der Waals surface area contributed by atoms with Gasteiger partial charge >= 0.3 is 5.97 Å². The van der Waals surface area contributed by atoms with E-state index in [9.17, 15) is 20.1 Å². The summed E-state index contributed by atoms with van der Waals surface area (Å²) in [5.74, 6) is -1.42. The Morgan fingerprint density at radius 2 is 1.16 bits per heavy atom. The van der Waals surface area contributed by atoms with Gasteiger partial charge < -0.3 is 15.3 Å². The minimum atomic E-state index is -0.894. The lowest BCUT2D eigenvalue weighted by Crippen LogP contribution is -2.16. The Labute approximate surface area is 196 Å². The summed E-state index contributed by atoms with van der Waals surface area (Å²) in [5.41, 5.74) is 0.481. The average Bonchev–Trinajstić information content (AvgIpc) is 2.75. The van der Waals surface area contributed by atoms with Gasteiger partial charge in [0.2, 0.25) is 0 Å². The fourth-order valence-electron chi connectivity index (χ4n) is 4.65. The molecule has 0 aliphatic carbocycles. The van der Waals surface area contributed by atoms with Crippen LogP contribution in [0.15, 0.2) is 18.2 Å². The summed E-state index contributed by atoms with van der Waals surface area (Å²) in [5, 5.41) is 29.1. The minimum Gasteiger partial charge on any atom is -0.508 e. The Hall–Kier alpha value is -1.71. The van der Waals surface area contributed by atoms with Crippen molar-refractivity contribution in [2.24, 2.45) is 5.92 Å². The molecule has 3 N–H and O–H groups in total. The van der Waals surface area contributed by atoms with Crippen molar-refractivity contribution in [1.29, 1.82) is 0 Å². The number of phenols is 2. The molecule has 1 aromatic carbocycles. The summed E-state index contributed by atoms with van der Waals surface area (Å²) in [7, 11) is 0. The molecule has 0 saturated carbocycles. The second kappa shape index (κ2) is 17.8. The molecule has 0 radical (unpaired) electrons. The van der Waals surface area contributed by atoms with Crippen LogP contribution in [0.1, 0.15) is 134 Å². The third-order valence-corrected chi connectivity index (χ3v) is 6.74. The summed E-state index contributed by atoms with van der Waals surface area (Å²) in [6.45, 7) is 4.39. The van der Waals surface area contributed by atoms with Gasteiger partial charge in [0, 0.05) is 6.07 Å². The first-order chi connectivity index (χ1) is 15.5. The van der Waals surface area contributed by atoms with Crippen LogP contribution in [0.5, 0.6) is 11.5 Å². The van der Waals surface area contributed by atoms with E-state index in [4.69, 9.17) is 0 Å². The number of carboxylic acid groups (broad SMARTS) is 1. The van der Waals surface area contributed by atoms with Gasteiger partial charge in [0.25, 0.3) is 0 Å². The summed E-state index contributed by atoms with van der Waals surface area (Å²) >= 11 is 0. The van der Waals surface area contributed by atoms with Gasteiger partial charge in [0.05, 0.1) is 5.92 Å². The van der Waals surface area contributed by atoms with Crippen molar-refractivity contribution in [2.45, 2.75) is 129 Å². The molecule has 2 unspecified atom stereocenters. The molecule has 4 nitrogen and oxygen atoms in total. The maximum Gasteiger partial charge on any atom is 0.310 e. The van der Waals surface area contributed by atoms with E-state index in [1.807, 2.05) is 0 Å². The molecule has 1 rings (SSSR count). The summed E-state index contributed by atoms with van der Waals surface area (Å²) < 4.78 is 0. The number of hydrogen-bond donors (Lipinski definition) is 3. The smallest absolute Gasteiger partial charge is 0.310 e. The second-order valence-electron chi connectivity index (χ2n) is 9.57. The molecule has 4 heteroatoms. The number of aromatic hydroxyl groups is 2. The van der Waals surface area contributed by atoms with Crippen LogP contribution in [0.2, 0.25) is 0 Å². The Morgan fingerprint density at radius 3 is 1.56 bits per heavy atom. The number of unbranched alkanes of at least 4 members (excludes halogenated alkanes) is 13. The maximum absolute atomic E-state index is 11.8. The molecule has 0 aliphatic rings. The molecule has 0 fully saturated rings. The molecule has 184 valence electrons. The van der Waals surface area contributed by atoms with Crippen molar-refractivity contribution in [3.63, 3.8) is 0 Å². The van der Waals surface area contributed by atoms with Crippen LogP contribution in [-0.4, -0.2) is 21.3 Å². The highest BCUT2D eigenvalue weighted by Crippen LogP contribution is 2.33. The van der Waals surface area contributed by atoms with E-state index in [0.717, 1.165) is 19.3 Å². The predicted octanol–water partition coefficient (Wildman–Crippen LogP) is 8.55. The first kappa shape index (κ1) is 28.3. The lowest BCUT2D eigenvalue weighted by Gasteiger charge is -2.20. The zero-order chi connectivity index (χ0) is 23.6. The van der Waals surface area contributed by atoms with Gasteiger partial charge in [-0.2, -0.15) is 0 Å². The Morgan fingerprint density at radius 1 is 0.719 bits per heavy atom. The van der Waals surface area contributed by atoms with Crippen molar-refractivity contribution in [1.82, 2.24) is 0 Å². The number of hydrogen-bond acceptors (Lipinski definition) is 3. The van der Waals surface area contributed by atoms with Crippen molar-refractivity contribution >= 4 is 5.97 Å². The fraction of sp³-hybridized carbons (Fsp3) is 0.750. The van der Waals surface area contributed by atoms with Crippen LogP contribution in [0.25, 0.3) is 0 Å². The standard InChI is InChI=1S/C28H48O4/c1-3-5-6-7-8-9-10-11-12-13-14-15-16-17-18-23(4-2)19-27(28(31)32)24-20-25(29)22-26(30)21-24/h20-23,27,29-30H,3-19H2,1-2H3,(H,31,32). The third kappa shape index (κ3) is 13.0. The van der Waals surface area contributed by atoms with Gasteiger partial charge in [-0.15, -0.1) is 0 Å². The average molecular weight is 449 g/mol. The van der Waals surface area contributed by atoms with Gasteiger partial charge in [0.1, 0.15) is 11.5 Å². The largest absolute Gasteiger partial charge is 0.508 e. The molecule has 0 bridgehead atoms. The highest BCUT2D eigenvalue weighted by atomic mass is 16.4. The summed E-state index contributed by atoms with van der Waals surface area (Å²) in [4.78, 5) is 11.8. The third-order valence-electron chi connectivity index (χ3n) is 6.74. The molecule has 0 aromatic heterocycles. The zero-order valence-corrected chi connectivity index (χ0v) is 20.7. The predicted molar refractivity (Wildman–Crippen MR) is 133 cm³/mol. The van der Waals surface area contributed by atoms with Crippen LogP contribution in [0.3, 0.4) is 0 Å². The first-order valence-corrected chi connectivity index (χ1v) is 13.2. The van der Waals surface area contributed by atoms with Gasteiger partial charge in [0.15, 0.2) is 0 Å². The van der Waals surface area contributed by atoms with Gasteiger partial charge in [-0.1, -0.05) is 117 Å². The Kier molecular flexibility index (Phi) is 15.8. The van der Waals surface area contributed by atoms with Crippen LogP contribution in [0.4, 0.5) is 0 Å². The van der Waals surface area contributed by atoms with E-state index in [1.54, 1.807) is 0 Å². The molecule has 0 aliphatic heterocycles. The van der Waals surface area contributed by atoms with Crippen molar-refractivity contribution < 1.29 is 20.1 Å². The van der Waals surface area contributed by atoms with E-state index in [-0.39, 0.29) is 11.5 Å². The number of carboxylic acids is 1. The number of rotatable bonds is 20. The molecule has 2 atom stereocenters. The molecular formula is C28H48O4. The molecule has 0 heterocycles. The van der Waals surface area contributed by atoms with E-state index in [0.29, 0.717) is 17.9 Å². The van der Waals surface area contributed by atoms with Crippen LogP contribution in [0, 0.1) is 5.92 Å². The monoisotopic (exact) mass is 448 g/mol. The minimum absolute atomic E-state index is 0.0914. The fourth-order valence-corrected chi connectivity index (χ4v) is 4.65. The van der Waals surface area contributed by atoms with E-state index in [2.05, 4.69) is 13.8 Å². The SMILES string of the molecule is CCCCCCCCCCCCCCCCC(CC)CC(C(=O)O)c1cc(O)cc(O)c1. The van der Waals surface area contributed by atoms with Crippen LogP contribution in [-0.2, 0) is 4.79 Å².